The van der Waals surface area contributed by atoms with Crippen molar-refractivity contribution in [3.63, 3.8) is 0 Å². The number of esters is 1. The van der Waals surface area contributed by atoms with Crippen LogP contribution < -0.4 is 10.7 Å². The first-order chi connectivity index (χ1) is 31.6. The highest BCUT2D eigenvalue weighted by molar-refractivity contribution is 7.94. The Kier molecular flexibility index (Phi) is 14.8. The molecule has 8 rings (SSSR count). The number of carbonyl (C=O) groups excluding carboxylic acids is 3. The third-order valence-corrected chi connectivity index (χ3v) is 14.6. The minimum absolute atomic E-state index is 0.0509. The van der Waals surface area contributed by atoms with Crippen molar-refractivity contribution in [2.45, 2.75) is 104 Å². The lowest BCUT2D eigenvalue weighted by atomic mass is 9.84. The number of phenols is 1. The number of rotatable bonds is 12. The molecule has 16 heteroatoms. The van der Waals surface area contributed by atoms with Gasteiger partial charge in [0.1, 0.15) is 17.8 Å². The van der Waals surface area contributed by atoms with E-state index in [1.165, 1.54) is 5.01 Å². The smallest absolute Gasteiger partial charge is 0.324 e. The van der Waals surface area contributed by atoms with Gasteiger partial charge in [-0.1, -0.05) is 39.8 Å². The van der Waals surface area contributed by atoms with Crippen LogP contribution in [0.3, 0.4) is 0 Å². The Bertz CT molecular complexity index is 2400. The number of nitrogens with one attached hydrogen (secondary N) is 2. The molecule has 4 atom stereocenters. The second-order valence-corrected chi connectivity index (χ2v) is 21.1. The molecule has 0 saturated carbocycles. The largest absolute Gasteiger partial charge is 0.508 e. The molecular weight excluding hydrogens is 857 g/mol. The molecule has 66 heavy (non-hydrogen) atoms. The van der Waals surface area contributed by atoms with E-state index in [0.29, 0.717) is 70.1 Å². The van der Waals surface area contributed by atoms with Crippen LogP contribution in [0, 0.1) is 17.3 Å². The molecule has 0 spiro atoms. The number of β-amino-alcohol motifs (C(OH)–C–C–N with tert-alkyl or cyclic N) is 1. The van der Waals surface area contributed by atoms with Gasteiger partial charge >= 0.3 is 5.97 Å². The Morgan fingerprint density at radius 1 is 1.08 bits per heavy atom. The predicted molar refractivity (Wildman–Crippen MR) is 257 cm³/mol. The number of pyridine rings is 1. The number of hydrogen-bond donors (Lipinski definition) is 4. The van der Waals surface area contributed by atoms with E-state index in [0.717, 1.165) is 63.9 Å². The second-order valence-electron chi connectivity index (χ2n) is 19.9. The van der Waals surface area contributed by atoms with E-state index in [1.807, 2.05) is 39.2 Å². The Morgan fingerprint density at radius 3 is 2.62 bits per heavy atom. The summed E-state index contributed by atoms with van der Waals surface area (Å²) in [6, 6.07) is 11.5. The van der Waals surface area contributed by atoms with Gasteiger partial charge < -0.3 is 29.6 Å². The lowest BCUT2D eigenvalue weighted by Crippen LogP contribution is -2.62. The van der Waals surface area contributed by atoms with E-state index in [9.17, 15) is 24.6 Å². The highest BCUT2D eigenvalue weighted by Crippen LogP contribution is 2.41. The summed E-state index contributed by atoms with van der Waals surface area (Å²) in [4.78, 5) is 50.0. The molecule has 4 aliphatic rings. The fourth-order valence-corrected chi connectivity index (χ4v) is 11.7. The number of amides is 2. The van der Waals surface area contributed by atoms with E-state index >= 15 is 0 Å². The van der Waals surface area contributed by atoms with Gasteiger partial charge in [0.15, 0.2) is 0 Å². The molecule has 2 aromatic carbocycles. The van der Waals surface area contributed by atoms with Gasteiger partial charge in [0.05, 0.1) is 31.1 Å². The van der Waals surface area contributed by atoms with Crippen LogP contribution in [-0.4, -0.2) is 140 Å². The number of aromatic nitrogens is 2. The van der Waals surface area contributed by atoms with Gasteiger partial charge in [-0.3, -0.25) is 29.3 Å². The number of phenolic OH excluding ortho intramolecular Hbond substituents is 1. The van der Waals surface area contributed by atoms with Crippen molar-refractivity contribution in [2.75, 3.05) is 60.0 Å². The number of aryl methyl sites for hydroxylation is 1. The quantitative estimate of drug-likeness (QED) is 0.106. The maximum Gasteiger partial charge on any atom is 0.324 e. The summed E-state index contributed by atoms with van der Waals surface area (Å²) in [5.74, 6) is -0.693. The van der Waals surface area contributed by atoms with Crippen molar-refractivity contribution in [1.29, 1.82) is 0 Å². The van der Waals surface area contributed by atoms with Crippen LogP contribution in [-0.2, 0) is 49.9 Å². The van der Waals surface area contributed by atoms with Gasteiger partial charge in [-0.2, -0.15) is 0 Å². The minimum Gasteiger partial charge on any atom is -0.508 e. The first-order valence-electron chi connectivity index (χ1n) is 23.6. The number of carbonyl (C=O) groups is 3. The molecule has 0 aliphatic carbocycles. The van der Waals surface area contributed by atoms with E-state index in [2.05, 4.69) is 72.8 Å². The molecule has 4 aromatic rings. The monoisotopic (exact) mass is 924 g/mol. The molecule has 2 amide bonds. The van der Waals surface area contributed by atoms with Gasteiger partial charge in [-0.15, -0.1) is 0 Å². The summed E-state index contributed by atoms with van der Waals surface area (Å²) in [5.41, 5.74) is 10.2. The Hall–Kier alpha value is -4.55. The molecule has 15 nitrogen and oxygen atoms in total. The van der Waals surface area contributed by atoms with E-state index in [-0.39, 0.29) is 42.6 Å². The Balaban J connectivity index is 1.14. The van der Waals surface area contributed by atoms with Crippen LogP contribution in [0.15, 0.2) is 54.9 Å². The molecule has 3 fully saturated rings. The molecule has 4 N–H and O–H groups in total. The SMILES string of the molecule is CCn1c(-c2cnccc2COC)c2c3cc(ccc31)-c1cc(O)cc(c1)CC(NC(=O)[C@H](C(C)C)N(C)C[C@H]1CCN(SN3CC(O)C3)C1)C(=O)N1CCC[C@H](N1)C(=O)OCC(C)(C)C2. The first-order valence-corrected chi connectivity index (χ1v) is 24.4. The van der Waals surface area contributed by atoms with Gasteiger partial charge in [0, 0.05) is 106 Å². The number of aliphatic hydroxyl groups excluding tert-OH is 1. The van der Waals surface area contributed by atoms with Crippen molar-refractivity contribution in [3.05, 3.63) is 71.5 Å². The van der Waals surface area contributed by atoms with E-state index in [1.54, 1.807) is 37.6 Å². The number of hydrazine groups is 1. The molecular formula is C50H68N8O7S. The predicted octanol–water partition coefficient (Wildman–Crippen LogP) is 5.41. The average molecular weight is 925 g/mol. The topological polar surface area (TPSA) is 165 Å². The first kappa shape index (κ1) is 47.9. The van der Waals surface area contributed by atoms with Crippen molar-refractivity contribution in [2.24, 2.45) is 17.3 Å². The highest BCUT2D eigenvalue weighted by atomic mass is 32.2. The second kappa shape index (κ2) is 20.4. The fourth-order valence-electron chi connectivity index (χ4n) is 10.4. The zero-order valence-corrected chi connectivity index (χ0v) is 40.4. The van der Waals surface area contributed by atoms with E-state index < -0.39 is 29.5 Å². The zero-order chi connectivity index (χ0) is 46.9. The molecule has 356 valence electrons. The van der Waals surface area contributed by atoms with Crippen LogP contribution in [0.5, 0.6) is 5.75 Å². The average Bonchev–Trinajstić information content (AvgIpc) is 3.84. The number of likely N-dealkylation sites (N-methyl/N-ethyl adjacent to an activating group) is 1. The zero-order valence-electron chi connectivity index (χ0n) is 39.6. The number of methoxy groups -OCH3 is 1. The minimum atomic E-state index is -1.01. The molecule has 6 bridgehead atoms. The van der Waals surface area contributed by atoms with Crippen LogP contribution in [0.25, 0.3) is 33.3 Å². The summed E-state index contributed by atoms with van der Waals surface area (Å²) in [7, 11) is 3.67. The highest BCUT2D eigenvalue weighted by Gasteiger charge is 2.38. The van der Waals surface area contributed by atoms with Crippen molar-refractivity contribution in [1.82, 2.24) is 38.8 Å². The number of hydrogen-bond acceptors (Lipinski definition) is 13. The third-order valence-electron chi connectivity index (χ3n) is 13.5. The number of aromatic hydroxyl groups is 1. The molecule has 4 aliphatic heterocycles. The summed E-state index contributed by atoms with van der Waals surface area (Å²) < 4.78 is 18.6. The summed E-state index contributed by atoms with van der Waals surface area (Å²) in [6.45, 7) is 15.9. The lowest BCUT2D eigenvalue weighted by Gasteiger charge is -2.37. The standard InChI is InChI=1S/C50H68N8O7S/c1-8-57-44-12-11-34-22-39(44)40(46(57)41-24-51-15-13-35(41)29-64-7)23-50(4,5)30-65-49(63)42-10-9-16-58(53-42)48(62)43(20-33-18-36(34)21-37(59)19-33)52-47(61)45(31(2)3)54(6)25-32-14-17-55(26-32)66-56-27-38(60)28-56/h11-13,15,18-19,21-22,24,31-32,38,42-43,45,53,59-60H,8-10,14,16-17,20,23,25-30H2,1-7H3,(H,52,61)/t32-,42+,43?,45+/m1/s1. The van der Waals surface area contributed by atoms with Crippen LogP contribution in [0.4, 0.5) is 0 Å². The maximum atomic E-state index is 14.8. The van der Waals surface area contributed by atoms with Gasteiger partial charge in [-0.25, -0.2) is 14.0 Å². The number of nitrogens with zero attached hydrogens (tertiary/aromatic N) is 6. The molecule has 6 heterocycles. The number of fused-ring (bicyclic) bond motifs is 6. The maximum absolute atomic E-state index is 14.8. The van der Waals surface area contributed by atoms with Crippen molar-refractivity contribution in [3.8, 4) is 28.1 Å². The normalized spacial score (nSPS) is 22.7. The lowest BCUT2D eigenvalue weighted by molar-refractivity contribution is -0.155. The Morgan fingerprint density at radius 2 is 1.88 bits per heavy atom. The van der Waals surface area contributed by atoms with Crippen LogP contribution >= 0.6 is 12.1 Å². The fraction of sp³-hybridized carbons (Fsp3) is 0.560. The molecule has 2 aromatic heterocycles. The third kappa shape index (κ3) is 10.6. The number of benzene rings is 2. The molecule has 1 unspecified atom stereocenters. The van der Waals surface area contributed by atoms with Crippen molar-refractivity contribution >= 4 is 40.8 Å². The molecule has 3 saturated heterocycles. The van der Waals surface area contributed by atoms with Crippen LogP contribution in [0.1, 0.15) is 70.6 Å². The van der Waals surface area contributed by atoms with E-state index in [4.69, 9.17) is 9.47 Å². The summed E-state index contributed by atoms with van der Waals surface area (Å²) >= 11 is 1.69. The van der Waals surface area contributed by atoms with Crippen LogP contribution in [0.2, 0.25) is 0 Å². The number of ether oxygens (including phenoxy) is 2. The number of aliphatic hydroxyl groups is 1. The van der Waals surface area contributed by atoms with Crippen molar-refractivity contribution < 1.29 is 34.1 Å². The molecule has 0 radical (unpaired) electrons. The summed E-state index contributed by atoms with van der Waals surface area (Å²) in [5, 5.41) is 26.8. The van der Waals surface area contributed by atoms with Gasteiger partial charge in [0.2, 0.25) is 5.91 Å². The number of cyclic esters (lactones) is 1. The van der Waals surface area contributed by atoms with Gasteiger partial charge in [0.25, 0.3) is 5.91 Å². The summed E-state index contributed by atoms with van der Waals surface area (Å²) in [6.07, 6.45) is 6.18. The Labute approximate surface area is 393 Å². The van der Waals surface area contributed by atoms with Gasteiger partial charge in [-0.05, 0) is 110 Å².